The van der Waals surface area contributed by atoms with E-state index in [0.717, 1.165) is 24.8 Å². The molecule has 0 spiro atoms. The van der Waals surface area contributed by atoms with Crippen LogP contribution in [-0.4, -0.2) is 41.0 Å². The summed E-state index contributed by atoms with van der Waals surface area (Å²) in [6, 6.07) is 5.28. The van der Waals surface area contributed by atoms with E-state index in [-0.39, 0.29) is 30.3 Å². The molecule has 0 bridgehead atoms. The highest BCUT2D eigenvalue weighted by atomic mass is 35.5. The molecule has 1 aliphatic rings. The fourth-order valence-corrected chi connectivity index (χ4v) is 3.51. The Kier molecular flexibility index (Phi) is 7.47. The van der Waals surface area contributed by atoms with E-state index in [2.05, 4.69) is 19.2 Å². The van der Waals surface area contributed by atoms with Gasteiger partial charge in [-0.3, -0.25) is 9.59 Å². The summed E-state index contributed by atoms with van der Waals surface area (Å²) in [6.07, 6.45) is 1.89. The van der Waals surface area contributed by atoms with Gasteiger partial charge in [0.15, 0.2) is 0 Å². The highest BCUT2D eigenvalue weighted by Crippen LogP contribution is 2.25. The number of nitrogens with zero attached hydrogens (tertiary/aromatic N) is 1. The van der Waals surface area contributed by atoms with E-state index >= 15 is 0 Å². The molecule has 1 heterocycles. The summed E-state index contributed by atoms with van der Waals surface area (Å²) in [5.74, 6) is 0.197. The zero-order valence-corrected chi connectivity index (χ0v) is 16.6. The highest BCUT2D eigenvalue weighted by molar-refractivity contribution is 6.31. The molecular formula is C20H29ClN2O3. The van der Waals surface area contributed by atoms with Gasteiger partial charge in [0.25, 0.3) is 0 Å². The van der Waals surface area contributed by atoms with Crippen molar-refractivity contribution in [3.05, 3.63) is 28.8 Å². The number of carbonyl (C=O) groups excluding carboxylic acids is 2. The largest absolute Gasteiger partial charge is 0.393 e. The van der Waals surface area contributed by atoms with Crippen molar-refractivity contribution in [1.82, 2.24) is 4.90 Å². The van der Waals surface area contributed by atoms with Gasteiger partial charge in [0.1, 0.15) is 6.42 Å². The minimum Gasteiger partial charge on any atom is -0.393 e. The van der Waals surface area contributed by atoms with Crippen molar-refractivity contribution in [1.29, 1.82) is 0 Å². The quantitative estimate of drug-likeness (QED) is 0.740. The fourth-order valence-electron chi connectivity index (χ4n) is 3.33. The normalized spacial score (nSPS) is 16.6. The van der Waals surface area contributed by atoms with Crippen molar-refractivity contribution < 1.29 is 14.7 Å². The molecule has 2 N–H and O–H groups in total. The lowest BCUT2D eigenvalue weighted by Crippen LogP contribution is -2.42. The van der Waals surface area contributed by atoms with Crippen LogP contribution in [0.1, 0.15) is 45.1 Å². The molecule has 1 atom stereocenters. The summed E-state index contributed by atoms with van der Waals surface area (Å²) in [5.41, 5.74) is 1.53. The Balaban J connectivity index is 1.79. The number of piperidine rings is 1. The van der Waals surface area contributed by atoms with Crippen molar-refractivity contribution in [2.45, 2.75) is 52.6 Å². The maximum Gasteiger partial charge on any atom is 0.233 e. The van der Waals surface area contributed by atoms with Crippen molar-refractivity contribution in [2.75, 3.05) is 18.4 Å². The van der Waals surface area contributed by atoms with Crippen LogP contribution < -0.4 is 5.32 Å². The number of hydrogen-bond donors (Lipinski definition) is 2. The summed E-state index contributed by atoms with van der Waals surface area (Å²) in [6.45, 7) is 7.28. The Labute approximate surface area is 160 Å². The second-order valence-electron chi connectivity index (χ2n) is 7.60. The van der Waals surface area contributed by atoms with Crippen molar-refractivity contribution in [3.8, 4) is 0 Å². The summed E-state index contributed by atoms with van der Waals surface area (Å²) in [4.78, 5) is 26.2. The Hall–Kier alpha value is -1.59. The molecule has 1 aromatic rings. The van der Waals surface area contributed by atoms with E-state index in [9.17, 15) is 14.7 Å². The van der Waals surface area contributed by atoms with E-state index in [4.69, 9.17) is 11.6 Å². The molecule has 0 saturated carbocycles. The molecule has 26 heavy (non-hydrogen) atoms. The summed E-state index contributed by atoms with van der Waals surface area (Å²) >= 11 is 6.05. The van der Waals surface area contributed by atoms with Crippen LogP contribution in [-0.2, 0) is 9.59 Å². The van der Waals surface area contributed by atoms with Gasteiger partial charge in [0.05, 0.1) is 6.10 Å². The number of anilines is 1. The molecule has 1 saturated heterocycles. The number of aliphatic hydroxyl groups is 1. The van der Waals surface area contributed by atoms with E-state index in [1.54, 1.807) is 17.0 Å². The van der Waals surface area contributed by atoms with Gasteiger partial charge >= 0.3 is 0 Å². The lowest BCUT2D eigenvalue weighted by atomic mass is 9.87. The predicted octanol–water partition coefficient (Wildman–Crippen LogP) is 3.62. The van der Waals surface area contributed by atoms with Gasteiger partial charge in [-0.25, -0.2) is 0 Å². The molecule has 1 aromatic carbocycles. The summed E-state index contributed by atoms with van der Waals surface area (Å²) < 4.78 is 0. The van der Waals surface area contributed by atoms with E-state index in [0.29, 0.717) is 29.7 Å². The van der Waals surface area contributed by atoms with Gasteiger partial charge in [0, 0.05) is 23.8 Å². The molecule has 2 rings (SSSR count). The van der Waals surface area contributed by atoms with Gasteiger partial charge < -0.3 is 15.3 Å². The van der Waals surface area contributed by atoms with Crippen LogP contribution >= 0.6 is 11.6 Å². The number of rotatable bonds is 6. The second kappa shape index (κ2) is 9.38. The smallest absolute Gasteiger partial charge is 0.233 e. The summed E-state index contributed by atoms with van der Waals surface area (Å²) in [7, 11) is 0. The zero-order chi connectivity index (χ0) is 19.3. The Morgan fingerprint density at radius 3 is 2.54 bits per heavy atom. The average Bonchev–Trinajstić information content (AvgIpc) is 2.57. The SMILES string of the molecule is Cc1ccc(NC(=O)CC(=O)N2CCC([C@@H](O)CC(C)C)CC2)cc1Cl. The molecule has 0 unspecified atom stereocenters. The van der Waals surface area contributed by atoms with Crippen LogP contribution in [0.15, 0.2) is 18.2 Å². The fraction of sp³-hybridized carbons (Fsp3) is 0.600. The third-order valence-corrected chi connectivity index (χ3v) is 5.32. The lowest BCUT2D eigenvalue weighted by molar-refractivity contribution is -0.136. The number of aryl methyl sites for hydroxylation is 1. The number of likely N-dealkylation sites (tertiary alicyclic amines) is 1. The number of aliphatic hydroxyl groups excluding tert-OH is 1. The lowest BCUT2D eigenvalue weighted by Gasteiger charge is -2.34. The molecule has 0 radical (unpaired) electrons. The minimum atomic E-state index is -0.336. The van der Waals surface area contributed by atoms with Gasteiger partial charge in [-0.2, -0.15) is 0 Å². The van der Waals surface area contributed by atoms with Crippen LogP contribution in [0.3, 0.4) is 0 Å². The monoisotopic (exact) mass is 380 g/mol. The van der Waals surface area contributed by atoms with E-state index < -0.39 is 0 Å². The average molecular weight is 381 g/mol. The van der Waals surface area contributed by atoms with Crippen LogP contribution in [0.2, 0.25) is 5.02 Å². The molecule has 0 aliphatic carbocycles. The molecule has 6 heteroatoms. The van der Waals surface area contributed by atoms with Gasteiger partial charge in [0.2, 0.25) is 11.8 Å². The Morgan fingerprint density at radius 1 is 1.31 bits per heavy atom. The van der Waals surface area contributed by atoms with Gasteiger partial charge in [-0.1, -0.05) is 31.5 Å². The number of halogens is 1. The van der Waals surface area contributed by atoms with Crippen LogP contribution in [0.25, 0.3) is 0 Å². The van der Waals surface area contributed by atoms with E-state index in [1.807, 2.05) is 13.0 Å². The second-order valence-corrected chi connectivity index (χ2v) is 8.01. The number of amides is 2. The third kappa shape index (κ3) is 5.99. The van der Waals surface area contributed by atoms with Crippen molar-refractivity contribution in [3.63, 3.8) is 0 Å². The molecular weight excluding hydrogens is 352 g/mol. The zero-order valence-electron chi connectivity index (χ0n) is 15.8. The molecule has 0 aromatic heterocycles. The van der Waals surface area contributed by atoms with Crippen LogP contribution in [0.5, 0.6) is 0 Å². The molecule has 2 amide bonds. The first-order chi connectivity index (χ1) is 12.3. The molecule has 1 aliphatic heterocycles. The maximum atomic E-state index is 12.4. The first kappa shape index (κ1) is 20.7. The van der Waals surface area contributed by atoms with Crippen LogP contribution in [0, 0.1) is 18.8 Å². The van der Waals surface area contributed by atoms with Crippen molar-refractivity contribution in [2.24, 2.45) is 11.8 Å². The van der Waals surface area contributed by atoms with Gasteiger partial charge in [-0.15, -0.1) is 0 Å². The Morgan fingerprint density at radius 2 is 1.96 bits per heavy atom. The van der Waals surface area contributed by atoms with Crippen molar-refractivity contribution >= 4 is 29.1 Å². The highest BCUT2D eigenvalue weighted by Gasteiger charge is 2.28. The third-order valence-electron chi connectivity index (χ3n) is 4.92. The number of nitrogens with one attached hydrogen (secondary N) is 1. The number of benzene rings is 1. The number of hydrogen-bond acceptors (Lipinski definition) is 3. The van der Waals surface area contributed by atoms with E-state index in [1.165, 1.54) is 0 Å². The molecule has 144 valence electrons. The maximum absolute atomic E-state index is 12.4. The minimum absolute atomic E-state index is 0.169. The Bertz CT molecular complexity index is 640. The first-order valence-corrected chi connectivity index (χ1v) is 9.66. The standard InChI is InChI=1S/C20H29ClN2O3/c1-13(2)10-18(24)15-6-8-23(9-7-15)20(26)12-19(25)22-16-5-4-14(3)17(21)11-16/h4-5,11,13,15,18,24H,6-10,12H2,1-3H3,(H,22,25)/t18-/m0/s1. The molecule has 5 nitrogen and oxygen atoms in total. The predicted molar refractivity (Wildman–Crippen MR) is 104 cm³/mol. The first-order valence-electron chi connectivity index (χ1n) is 9.28. The number of carbonyl (C=O) groups is 2. The summed E-state index contributed by atoms with van der Waals surface area (Å²) in [5, 5.41) is 13.5. The van der Waals surface area contributed by atoms with Gasteiger partial charge in [-0.05, 0) is 55.7 Å². The topological polar surface area (TPSA) is 69.6 Å². The molecule has 1 fully saturated rings. The van der Waals surface area contributed by atoms with Crippen LogP contribution in [0.4, 0.5) is 5.69 Å².